The molecule has 4 rings (SSSR count). The number of nitrogens with zero attached hydrogens (tertiary/aromatic N) is 2. The predicted molar refractivity (Wildman–Crippen MR) is 114 cm³/mol. The fourth-order valence-corrected chi connectivity index (χ4v) is 3.23. The molecule has 0 aliphatic heterocycles. The number of benzene rings is 3. The van der Waals surface area contributed by atoms with E-state index in [1.807, 2.05) is 79.7 Å². The fraction of sp³-hybridized carbons (Fsp3) is 0.130. The molecule has 1 atom stereocenters. The molecule has 0 spiro atoms. The van der Waals surface area contributed by atoms with Gasteiger partial charge in [0.2, 0.25) is 11.8 Å². The lowest BCUT2D eigenvalue weighted by atomic mass is 10.1. The van der Waals surface area contributed by atoms with E-state index in [9.17, 15) is 0 Å². The van der Waals surface area contributed by atoms with Crippen molar-refractivity contribution in [3.8, 4) is 17.2 Å². The highest BCUT2D eigenvalue weighted by Gasteiger charge is 2.22. The van der Waals surface area contributed by atoms with Gasteiger partial charge in [0, 0.05) is 5.69 Å². The van der Waals surface area contributed by atoms with Crippen molar-refractivity contribution < 1.29 is 9.15 Å². The molecule has 0 bridgehead atoms. The third-order valence-electron chi connectivity index (χ3n) is 4.40. The highest BCUT2D eigenvalue weighted by molar-refractivity contribution is 6.33. The van der Waals surface area contributed by atoms with Crippen molar-refractivity contribution in [2.24, 2.45) is 0 Å². The van der Waals surface area contributed by atoms with Gasteiger partial charge in [0.1, 0.15) is 11.8 Å². The molecule has 4 aromatic rings. The van der Waals surface area contributed by atoms with Crippen LogP contribution in [0.1, 0.15) is 24.4 Å². The van der Waals surface area contributed by atoms with E-state index in [1.165, 1.54) is 0 Å². The summed E-state index contributed by atoms with van der Waals surface area (Å²) in [5, 5.41) is 12.5. The Labute approximate surface area is 174 Å². The standard InChI is InChI=1S/C23H20ClN3O2/c1-2-28-18-14-12-17(13-15-18)25-21(16-8-4-3-5-9-16)23-27-26-22(29-23)19-10-6-7-11-20(19)24/h3-15,21,25H,2H2,1H3/t21-/m1/s1. The summed E-state index contributed by atoms with van der Waals surface area (Å²) >= 11 is 6.28. The normalized spacial score (nSPS) is 11.8. The Hall–Kier alpha value is -3.31. The van der Waals surface area contributed by atoms with Crippen LogP contribution >= 0.6 is 11.6 Å². The molecule has 0 saturated carbocycles. The molecule has 0 saturated heterocycles. The second-order valence-corrected chi connectivity index (χ2v) is 6.78. The Balaban J connectivity index is 1.66. The zero-order valence-corrected chi connectivity index (χ0v) is 16.6. The molecule has 146 valence electrons. The van der Waals surface area contributed by atoms with Gasteiger partial charge in [-0.05, 0) is 48.9 Å². The summed E-state index contributed by atoms with van der Waals surface area (Å²) in [6, 6.07) is 24.9. The third-order valence-corrected chi connectivity index (χ3v) is 4.73. The van der Waals surface area contributed by atoms with Crippen molar-refractivity contribution in [2.45, 2.75) is 13.0 Å². The topological polar surface area (TPSA) is 60.2 Å². The van der Waals surface area contributed by atoms with Crippen LogP contribution in [0.5, 0.6) is 5.75 Å². The zero-order valence-electron chi connectivity index (χ0n) is 15.9. The molecule has 1 heterocycles. The molecule has 1 N–H and O–H groups in total. The first-order valence-electron chi connectivity index (χ1n) is 9.37. The van der Waals surface area contributed by atoms with Crippen LogP contribution in [0.15, 0.2) is 83.3 Å². The van der Waals surface area contributed by atoms with E-state index in [0.29, 0.717) is 29.0 Å². The van der Waals surface area contributed by atoms with Crippen molar-refractivity contribution in [3.05, 3.63) is 95.3 Å². The number of halogens is 1. The molecule has 6 heteroatoms. The minimum Gasteiger partial charge on any atom is -0.494 e. The Kier molecular flexibility index (Phi) is 5.77. The largest absolute Gasteiger partial charge is 0.494 e. The van der Waals surface area contributed by atoms with Crippen LogP contribution in [0.2, 0.25) is 5.02 Å². The number of nitrogens with one attached hydrogen (secondary N) is 1. The first-order valence-corrected chi connectivity index (χ1v) is 9.75. The third kappa shape index (κ3) is 4.41. The number of ether oxygens (including phenoxy) is 1. The molecule has 3 aromatic carbocycles. The first kappa shape index (κ1) is 19.0. The van der Waals surface area contributed by atoms with Gasteiger partial charge in [-0.2, -0.15) is 0 Å². The summed E-state index contributed by atoms with van der Waals surface area (Å²) in [4.78, 5) is 0. The Bertz CT molecular complexity index is 1060. The lowest BCUT2D eigenvalue weighted by molar-refractivity contribution is 0.340. The van der Waals surface area contributed by atoms with Gasteiger partial charge in [0.25, 0.3) is 0 Å². The van der Waals surface area contributed by atoms with Gasteiger partial charge in [-0.15, -0.1) is 10.2 Å². The maximum atomic E-state index is 6.28. The van der Waals surface area contributed by atoms with Gasteiger partial charge >= 0.3 is 0 Å². The highest BCUT2D eigenvalue weighted by Crippen LogP contribution is 2.31. The molecule has 5 nitrogen and oxygen atoms in total. The highest BCUT2D eigenvalue weighted by atomic mass is 35.5. The molecule has 0 amide bonds. The Morgan fingerprint density at radius 1 is 0.931 bits per heavy atom. The predicted octanol–water partition coefficient (Wildman–Crippen LogP) is 5.99. The maximum absolute atomic E-state index is 6.28. The lowest BCUT2D eigenvalue weighted by Crippen LogP contribution is -2.12. The van der Waals surface area contributed by atoms with E-state index >= 15 is 0 Å². The quantitative estimate of drug-likeness (QED) is 0.409. The van der Waals surface area contributed by atoms with E-state index < -0.39 is 0 Å². The van der Waals surface area contributed by atoms with Crippen molar-refractivity contribution in [2.75, 3.05) is 11.9 Å². The molecule has 0 aliphatic rings. The molecule has 0 radical (unpaired) electrons. The SMILES string of the molecule is CCOc1ccc(N[C@H](c2ccccc2)c2nnc(-c3ccccc3Cl)o2)cc1. The van der Waals surface area contributed by atoms with Crippen molar-refractivity contribution in [3.63, 3.8) is 0 Å². The maximum Gasteiger partial charge on any atom is 0.249 e. The van der Waals surface area contributed by atoms with E-state index in [-0.39, 0.29) is 6.04 Å². The average molecular weight is 406 g/mol. The van der Waals surface area contributed by atoms with Crippen LogP contribution in [-0.2, 0) is 0 Å². The molecular formula is C23H20ClN3O2. The summed E-state index contributed by atoms with van der Waals surface area (Å²) in [5.74, 6) is 1.67. The summed E-state index contributed by atoms with van der Waals surface area (Å²) in [7, 11) is 0. The Morgan fingerprint density at radius 2 is 1.66 bits per heavy atom. The van der Waals surface area contributed by atoms with Gasteiger partial charge in [-0.1, -0.05) is 54.1 Å². The summed E-state index contributed by atoms with van der Waals surface area (Å²) in [5.41, 5.74) is 2.64. The van der Waals surface area contributed by atoms with E-state index in [2.05, 4.69) is 15.5 Å². The number of hydrogen-bond acceptors (Lipinski definition) is 5. The first-order chi connectivity index (χ1) is 14.2. The monoisotopic (exact) mass is 405 g/mol. The summed E-state index contributed by atoms with van der Waals surface area (Å²) in [6.07, 6.45) is 0. The van der Waals surface area contributed by atoms with Crippen molar-refractivity contribution in [1.82, 2.24) is 10.2 Å². The molecule has 0 fully saturated rings. The van der Waals surface area contributed by atoms with Gasteiger partial charge in [0.05, 0.1) is 17.2 Å². The fourth-order valence-electron chi connectivity index (χ4n) is 3.01. The van der Waals surface area contributed by atoms with E-state index in [4.69, 9.17) is 20.8 Å². The molecule has 0 unspecified atom stereocenters. The van der Waals surface area contributed by atoms with Crippen molar-refractivity contribution in [1.29, 1.82) is 0 Å². The zero-order chi connectivity index (χ0) is 20.1. The number of aromatic nitrogens is 2. The number of anilines is 1. The van der Waals surface area contributed by atoms with Crippen LogP contribution < -0.4 is 10.1 Å². The second kappa shape index (κ2) is 8.80. The van der Waals surface area contributed by atoms with Gasteiger partial charge in [0.15, 0.2) is 0 Å². The van der Waals surface area contributed by atoms with Crippen LogP contribution in [0.4, 0.5) is 5.69 Å². The smallest absolute Gasteiger partial charge is 0.249 e. The molecule has 1 aromatic heterocycles. The summed E-state index contributed by atoms with van der Waals surface area (Å²) < 4.78 is 11.5. The molecular weight excluding hydrogens is 386 g/mol. The van der Waals surface area contributed by atoms with Crippen LogP contribution in [-0.4, -0.2) is 16.8 Å². The lowest BCUT2D eigenvalue weighted by Gasteiger charge is -2.17. The van der Waals surface area contributed by atoms with Gasteiger partial charge < -0.3 is 14.5 Å². The van der Waals surface area contributed by atoms with Gasteiger partial charge in [-0.3, -0.25) is 0 Å². The minimum absolute atomic E-state index is 0.308. The number of hydrogen-bond donors (Lipinski definition) is 1. The average Bonchev–Trinajstić information content (AvgIpc) is 3.24. The van der Waals surface area contributed by atoms with E-state index in [1.54, 1.807) is 6.07 Å². The molecule has 0 aliphatic carbocycles. The van der Waals surface area contributed by atoms with E-state index in [0.717, 1.165) is 17.0 Å². The summed E-state index contributed by atoms with van der Waals surface area (Å²) in [6.45, 7) is 2.59. The molecule has 29 heavy (non-hydrogen) atoms. The minimum atomic E-state index is -0.308. The van der Waals surface area contributed by atoms with Crippen LogP contribution in [0, 0.1) is 0 Å². The number of rotatable bonds is 7. The van der Waals surface area contributed by atoms with Gasteiger partial charge in [-0.25, -0.2) is 0 Å². The second-order valence-electron chi connectivity index (χ2n) is 6.37. The van der Waals surface area contributed by atoms with Crippen LogP contribution in [0.25, 0.3) is 11.5 Å². The Morgan fingerprint density at radius 3 is 2.38 bits per heavy atom. The van der Waals surface area contributed by atoms with Crippen LogP contribution in [0.3, 0.4) is 0 Å². The van der Waals surface area contributed by atoms with Crippen molar-refractivity contribution >= 4 is 17.3 Å².